The molecule has 0 spiro atoms. The molecule has 0 radical (unpaired) electrons. The number of hydrogen-bond acceptors (Lipinski definition) is 1. The average Bonchev–Trinajstić information content (AvgIpc) is 3.75. The molecule has 3 heterocycles. The van der Waals surface area contributed by atoms with Crippen LogP contribution in [0.3, 0.4) is 0 Å². The number of hydrogen-bond donors (Lipinski definition) is 0. The second-order valence-corrected chi connectivity index (χ2v) is 20.8. The fourth-order valence-electron chi connectivity index (χ4n) is 12.5. The van der Waals surface area contributed by atoms with Crippen molar-refractivity contribution >= 4 is 83.3 Å². The van der Waals surface area contributed by atoms with Crippen molar-refractivity contribution in [3.8, 4) is 61.3 Å². The molecule has 0 fully saturated rings. The zero-order chi connectivity index (χ0) is 47.1. The van der Waals surface area contributed by atoms with Gasteiger partial charge in [0.2, 0.25) is 0 Å². The third-order valence-electron chi connectivity index (χ3n) is 15.8. The third kappa shape index (κ3) is 5.90. The smallest absolute Gasteiger partial charge is 0.333 e. The van der Waals surface area contributed by atoms with Crippen molar-refractivity contribution in [2.45, 2.75) is 26.2 Å². The summed E-state index contributed by atoms with van der Waals surface area (Å²) in [5.74, 6) is 0. The van der Waals surface area contributed by atoms with Gasteiger partial charge in [-0.3, -0.25) is 0 Å². The first kappa shape index (κ1) is 40.3. The molecule has 3 heteroatoms. The molecular formula is C68H47BN2. The summed E-state index contributed by atoms with van der Waals surface area (Å²) in [4.78, 5) is 2.68. The summed E-state index contributed by atoms with van der Waals surface area (Å²) in [5.41, 5.74) is 22.4. The van der Waals surface area contributed by atoms with E-state index in [4.69, 9.17) is 0 Å². The summed E-state index contributed by atoms with van der Waals surface area (Å²) < 4.78 is 2.67. The molecule has 0 bridgehead atoms. The Morgan fingerprint density at radius 3 is 1.54 bits per heavy atom. The van der Waals surface area contributed by atoms with Gasteiger partial charge in [0.15, 0.2) is 0 Å². The minimum Gasteiger partial charge on any atom is -0.376 e. The minimum atomic E-state index is -0.163. The summed E-state index contributed by atoms with van der Waals surface area (Å²) in [6.45, 7) is 6.82. The minimum absolute atomic E-state index is 0.00888. The van der Waals surface area contributed by atoms with Crippen molar-refractivity contribution in [2.24, 2.45) is 0 Å². The predicted octanol–water partition coefficient (Wildman–Crippen LogP) is 16.9. The Balaban J connectivity index is 1.13. The highest BCUT2D eigenvalue weighted by Gasteiger charge is 2.46. The summed E-state index contributed by atoms with van der Waals surface area (Å²) >= 11 is 0. The first-order valence-corrected chi connectivity index (χ1v) is 25.0. The van der Waals surface area contributed by atoms with Crippen LogP contribution in [-0.2, 0) is 5.41 Å². The van der Waals surface area contributed by atoms with Gasteiger partial charge in [0, 0.05) is 38.5 Å². The molecule has 71 heavy (non-hydrogen) atoms. The SMILES string of the molecule is CC(C)(C)c1cc2ccc3c4c5c(c6ccc(c1)c2c36)-n1c2ccc(-c3ccccc3)cc2c2cc(-c3ccccc3)cc(c21)B5N(c1ccc(-c2ccccc2)cc1)c1ccc(-c2ccccc2)cc1-4. The Labute approximate surface area is 414 Å². The van der Waals surface area contributed by atoms with Crippen molar-refractivity contribution in [1.29, 1.82) is 0 Å². The van der Waals surface area contributed by atoms with Crippen molar-refractivity contribution in [2.75, 3.05) is 4.81 Å². The largest absolute Gasteiger partial charge is 0.376 e. The Bertz CT molecular complexity index is 4260. The maximum absolute atomic E-state index is 2.68. The van der Waals surface area contributed by atoms with Crippen LogP contribution in [0.1, 0.15) is 26.3 Å². The van der Waals surface area contributed by atoms with Crippen LogP contribution in [0.25, 0.3) is 115 Å². The van der Waals surface area contributed by atoms with Gasteiger partial charge in [0.25, 0.3) is 0 Å². The fourth-order valence-corrected chi connectivity index (χ4v) is 12.5. The molecule has 12 aromatic carbocycles. The summed E-state index contributed by atoms with van der Waals surface area (Å²) in [6.07, 6.45) is 0. The molecule has 15 rings (SSSR count). The van der Waals surface area contributed by atoms with Crippen molar-refractivity contribution < 1.29 is 0 Å². The Morgan fingerprint density at radius 1 is 0.394 bits per heavy atom. The van der Waals surface area contributed by atoms with E-state index in [1.165, 1.54) is 138 Å². The molecule has 332 valence electrons. The predicted molar refractivity (Wildman–Crippen MR) is 304 cm³/mol. The molecule has 0 amide bonds. The van der Waals surface area contributed by atoms with E-state index in [1.807, 2.05) is 0 Å². The number of rotatable bonds is 5. The van der Waals surface area contributed by atoms with E-state index in [9.17, 15) is 0 Å². The van der Waals surface area contributed by atoms with Crippen molar-refractivity contribution in [1.82, 2.24) is 4.57 Å². The zero-order valence-corrected chi connectivity index (χ0v) is 39.9. The molecule has 2 nitrogen and oxygen atoms in total. The van der Waals surface area contributed by atoms with Crippen LogP contribution in [0.2, 0.25) is 0 Å². The third-order valence-corrected chi connectivity index (χ3v) is 15.8. The van der Waals surface area contributed by atoms with E-state index in [0.717, 1.165) is 5.69 Å². The Kier molecular flexibility index (Phi) is 8.46. The van der Waals surface area contributed by atoms with Crippen LogP contribution in [0, 0.1) is 0 Å². The number of benzene rings is 12. The first-order valence-electron chi connectivity index (χ1n) is 25.0. The number of aromatic nitrogens is 1. The monoisotopic (exact) mass is 902 g/mol. The molecule has 13 aromatic rings. The van der Waals surface area contributed by atoms with E-state index in [2.05, 4.69) is 261 Å². The molecule has 2 aliphatic heterocycles. The van der Waals surface area contributed by atoms with Gasteiger partial charge in [0.05, 0.1) is 16.7 Å². The van der Waals surface area contributed by atoms with Gasteiger partial charge in [-0.2, -0.15) is 0 Å². The molecule has 0 aliphatic carbocycles. The van der Waals surface area contributed by atoms with Gasteiger partial charge in [0.1, 0.15) is 0 Å². The fraction of sp³-hybridized carbons (Fsp3) is 0.0588. The summed E-state index contributed by atoms with van der Waals surface area (Å²) in [7, 11) is 0. The van der Waals surface area contributed by atoms with E-state index >= 15 is 0 Å². The topological polar surface area (TPSA) is 8.17 Å². The lowest BCUT2D eigenvalue weighted by molar-refractivity contribution is 0.591. The maximum Gasteiger partial charge on any atom is 0.333 e. The van der Waals surface area contributed by atoms with Gasteiger partial charge >= 0.3 is 6.85 Å². The number of anilines is 2. The lowest BCUT2D eigenvalue weighted by atomic mass is 9.43. The zero-order valence-electron chi connectivity index (χ0n) is 39.9. The Morgan fingerprint density at radius 2 is 0.915 bits per heavy atom. The molecule has 1 aromatic heterocycles. The highest BCUT2D eigenvalue weighted by Crippen LogP contribution is 2.52. The lowest BCUT2D eigenvalue weighted by Gasteiger charge is -2.43. The molecule has 0 atom stereocenters. The van der Waals surface area contributed by atoms with E-state index < -0.39 is 0 Å². The van der Waals surface area contributed by atoms with Gasteiger partial charge in [-0.25, -0.2) is 0 Å². The summed E-state index contributed by atoms with van der Waals surface area (Å²) in [6, 6.07) is 86.9. The highest BCUT2D eigenvalue weighted by atomic mass is 15.1. The van der Waals surface area contributed by atoms with Crippen LogP contribution in [-0.4, -0.2) is 11.4 Å². The quantitative estimate of drug-likeness (QED) is 0.123. The Hall–Kier alpha value is -8.66. The van der Waals surface area contributed by atoms with E-state index in [1.54, 1.807) is 0 Å². The molecular weight excluding hydrogens is 856 g/mol. The van der Waals surface area contributed by atoms with Crippen LogP contribution >= 0.6 is 0 Å². The second kappa shape index (κ2) is 14.9. The second-order valence-electron chi connectivity index (χ2n) is 20.8. The van der Waals surface area contributed by atoms with E-state index in [0.29, 0.717) is 0 Å². The van der Waals surface area contributed by atoms with Crippen molar-refractivity contribution in [3.05, 3.63) is 236 Å². The highest BCUT2D eigenvalue weighted by molar-refractivity contribution is 6.94. The first-order chi connectivity index (χ1) is 34.9. The average molecular weight is 903 g/mol. The van der Waals surface area contributed by atoms with Crippen LogP contribution in [0.15, 0.2) is 231 Å². The van der Waals surface area contributed by atoms with Gasteiger partial charge in [-0.1, -0.05) is 209 Å². The number of nitrogens with zero attached hydrogens (tertiary/aromatic N) is 2. The van der Waals surface area contributed by atoms with Gasteiger partial charge in [-0.15, -0.1) is 0 Å². The van der Waals surface area contributed by atoms with Crippen LogP contribution in [0.5, 0.6) is 0 Å². The molecule has 2 aliphatic rings. The number of fused-ring (bicyclic) bond motifs is 9. The standard InChI is InChI=1S/C68H47BN2/c1-68(2,3)52-36-49-26-32-54-63-55(33-27-50(37-52)62(49)63)67-65-64(54)58-39-48(44-20-12-6-13-21-44)29-35-61(58)71(53-30-24-46(25-31-53)42-16-8-4-9-17-42)69(65)59-41-51(45-22-14-7-15-23-45)40-57-56-38-47(43-18-10-5-11-19-43)28-34-60(56)70(67)66(57)59/h4-41H,1-3H3. The normalized spacial score (nSPS) is 12.9. The molecule has 0 N–H and O–H groups in total. The van der Waals surface area contributed by atoms with Crippen LogP contribution < -0.4 is 15.7 Å². The van der Waals surface area contributed by atoms with Gasteiger partial charge in [-0.05, 0) is 136 Å². The van der Waals surface area contributed by atoms with Gasteiger partial charge < -0.3 is 9.38 Å². The molecule has 0 saturated carbocycles. The van der Waals surface area contributed by atoms with Crippen molar-refractivity contribution in [3.63, 3.8) is 0 Å². The molecule has 0 unspecified atom stereocenters. The lowest BCUT2D eigenvalue weighted by Crippen LogP contribution is -2.60. The summed E-state index contributed by atoms with van der Waals surface area (Å²) in [5, 5.41) is 10.4. The van der Waals surface area contributed by atoms with E-state index in [-0.39, 0.29) is 12.3 Å². The molecule has 0 saturated heterocycles. The van der Waals surface area contributed by atoms with Crippen LogP contribution in [0.4, 0.5) is 11.4 Å². The maximum atomic E-state index is 2.68.